The summed E-state index contributed by atoms with van der Waals surface area (Å²) < 4.78 is 9.60. The molecule has 1 unspecified atom stereocenters. The monoisotopic (exact) mass is 224 g/mol. The SMILES string of the molecule is C=C(C)C(=O)OCC1CO1.OP(O)O. The summed E-state index contributed by atoms with van der Waals surface area (Å²) in [5.74, 6) is -0.337. The normalized spacial score (nSPS) is 18.2. The van der Waals surface area contributed by atoms with Crippen molar-refractivity contribution in [2.45, 2.75) is 13.0 Å². The fourth-order valence-electron chi connectivity index (χ4n) is 0.456. The van der Waals surface area contributed by atoms with Gasteiger partial charge in [-0.2, -0.15) is 0 Å². The van der Waals surface area contributed by atoms with Crippen LogP contribution in [0.5, 0.6) is 0 Å². The molecule has 1 aliphatic rings. The molecule has 1 aliphatic heterocycles. The van der Waals surface area contributed by atoms with Crippen LogP contribution >= 0.6 is 8.60 Å². The molecular formula is C7H13O6P. The number of hydrogen-bond donors (Lipinski definition) is 3. The average molecular weight is 224 g/mol. The molecule has 0 bridgehead atoms. The van der Waals surface area contributed by atoms with Crippen molar-refractivity contribution in [3.8, 4) is 0 Å². The molecule has 0 spiro atoms. The highest BCUT2D eigenvalue weighted by Crippen LogP contribution is 2.11. The largest absolute Gasteiger partial charge is 0.459 e. The number of rotatable bonds is 3. The smallest absolute Gasteiger partial charge is 0.333 e. The molecule has 1 saturated heterocycles. The van der Waals surface area contributed by atoms with E-state index in [-0.39, 0.29) is 12.1 Å². The lowest BCUT2D eigenvalue weighted by Crippen LogP contribution is -2.09. The molecule has 0 aromatic heterocycles. The van der Waals surface area contributed by atoms with Crippen LogP contribution < -0.4 is 0 Å². The summed E-state index contributed by atoms with van der Waals surface area (Å²) in [4.78, 5) is 32.4. The molecule has 0 aromatic rings. The fourth-order valence-corrected chi connectivity index (χ4v) is 0.456. The van der Waals surface area contributed by atoms with Gasteiger partial charge in [-0.15, -0.1) is 0 Å². The summed E-state index contributed by atoms with van der Waals surface area (Å²) in [7, 11) is -2.62. The average Bonchev–Trinajstić information content (AvgIpc) is 2.81. The molecule has 0 aromatic carbocycles. The Morgan fingerprint density at radius 2 is 2.07 bits per heavy atom. The van der Waals surface area contributed by atoms with Crippen LogP contribution in [0.1, 0.15) is 6.92 Å². The second-order valence-electron chi connectivity index (χ2n) is 2.60. The van der Waals surface area contributed by atoms with Gasteiger partial charge in [0.1, 0.15) is 12.7 Å². The Morgan fingerprint density at radius 1 is 1.64 bits per heavy atom. The summed E-state index contributed by atoms with van der Waals surface area (Å²) in [5, 5.41) is 0. The molecule has 1 heterocycles. The highest BCUT2D eigenvalue weighted by molar-refractivity contribution is 7.38. The van der Waals surface area contributed by atoms with E-state index in [0.29, 0.717) is 18.8 Å². The van der Waals surface area contributed by atoms with Gasteiger partial charge in [-0.1, -0.05) is 6.58 Å². The van der Waals surface area contributed by atoms with Crippen molar-refractivity contribution in [2.24, 2.45) is 0 Å². The van der Waals surface area contributed by atoms with Crippen molar-refractivity contribution in [2.75, 3.05) is 13.2 Å². The molecule has 0 radical (unpaired) electrons. The standard InChI is InChI=1S/C7H10O3.H3O3P/c1-5(2)7(8)10-4-6-3-9-6;1-4(2)3/h6H,1,3-4H2,2H3;1-3H. The van der Waals surface area contributed by atoms with E-state index in [1.165, 1.54) is 0 Å². The Morgan fingerprint density at radius 3 is 2.36 bits per heavy atom. The predicted octanol–water partition coefficient (Wildman–Crippen LogP) is -0.305. The number of carbonyl (C=O) groups is 1. The topological polar surface area (TPSA) is 99.5 Å². The van der Waals surface area contributed by atoms with Crippen LogP contribution in [0.15, 0.2) is 12.2 Å². The molecule has 1 rings (SSSR count). The predicted molar refractivity (Wildman–Crippen MR) is 49.1 cm³/mol. The lowest BCUT2D eigenvalue weighted by molar-refractivity contribution is -0.139. The number of esters is 1. The van der Waals surface area contributed by atoms with Crippen LogP contribution in [-0.2, 0) is 14.3 Å². The molecule has 14 heavy (non-hydrogen) atoms. The number of hydrogen-bond acceptors (Lipinski definition) is 6. The van der Waals surface area contributed by atoms with Crippen LogP contribution in [0.2, 0.25) is 0 Å². The van der Waals surface area contributed by atoms with Crippen molar-refractivity contribution in [1.82, 2.24) is 0 Å². The Labute approximate surface area is 82.8 Å². The summed E-state index contributed by atoms with van der Waals surface area (Å²) in [6, 6.07) is 0. The first-order chi connectivity index (χ1) is 6.43. The van der Waals surface area contributed by atoms with Crippen LogP contribution in [0.4, 0.5) is 0 Å². The van der Waals surface area contributed by atoms with Crippen molar-refractivity contribution < 1.29 is 28.9 Å². The molecule has 7 heteroatoms. The summed E-state index contributed by atoms with van der Waals surface area (Å²) in [6.07, 6.45) is 0.142. The van der Waals surface area contributed by atoms with E-state index in [0.717, 1.165) is 0 Å². The quantitative estimate of drug-likeness (QED) is 0.263. The van der Waals surface area contributed by atoms with Crippen LogP contribution in [0, 0.1) is 0 Å². The first-order valence-electron chi connectivity index (χ1n) is 3.74. The highest BCUT2D eigenvalue weighted by Gasteiger charge is 2.24. The number of carbonyl (C=O) groups excluding carboxylic acids is 1. The van der Waals surface area contributed by atoms with Crippen molar-refractivity contribution in [1.29, 1.82) is 0 Å². The molecule has 6 nitrogen and oxygen atoms in total. The number of epoxide rings is 1. The summed E-state index contributed by atoms with van der Waals surface area (Å²) in [6.45, 7) is 6.14. The minimum atomic E-state index is -2.62. The third-order valence-corrected chi connectivity index (χ3v) is 1.15. The van der Waals surface area contributed by atoms with E-state index < -0.39 is 8.60 Å². The third kappa shape index (κ3) is 9.57. The van der Waals surface area contributed by atoms with Gasteiger partial charge in [0.05, 0.1) is 6.61 Å². The second-order valence-corrected chi connectivity index (χ2v) is 3.14. The fraction of sp³-hybridized carbons (Fsp3) is 0.571. The summed E-state index contributed by atoms with van der Waals surface area (Å²) >= 11 is 0. The van der Waals surface area contributed by atoms with Crippen LogP contribution in [-0.4, -0.2) is 40.0 Å². The zero-order valence-corrected chi connectivity index (χ0v) is 8.61. The van der Waals surface area contributed by atoms with E-state index in [2.05, 4.69) is 6.58 Å². The van der Waals surface area contributed by atoms with Crippen molar-refractivity contribution >= 4 is 14.6 Å². The molecule has 1 atom stereocenters. The maximum atomic E-state index is 10.7. The Kier molecular flexibility index (Phi) is 6.61. The Hall–Kier alpha value is -0.520. The molecule has 0 amide bonds. The van der Waals surface area contributed by atoms with Gasteiger partial charge in [0.2, 0.25) is 0 Å². The van der Waals surface area contributed by atoms with E-state index in [4.69, 9.17) is 24.2 Å². The minimum Gasteiger partial charge on any atom is -0.459 e. The lowest BCUT2D eigenvalue weighted by atomic mass is 10.4. The molecule has 0 aliphatic carbocycles. The van der Waals surface area contributed by atoms with E-state index >= 15 is 0 Å². The molecule has 3 N–H and O–H groups in total. The van der Waals surface area contributed by atoms with Crippen molar-refractivity contribution in [3.63, 3.8) is 0 Å². The van der Waals surface area contributed by atoms with Gasteiger partial charge in [-0.25, -0.2) is 4.79 Å². The zero-order valence-electron chi connectivity index (χ0n) is 7.71. The molecule has 0 saturated carbocycles. The highest BCUT2D eigenvalue weighted by atomic mass is 31.2. The number of ether oxygens (including phenoxy) is 2. The van der Waals surface area contributed by atoms with E-state index in [1.54, 1.807) is 6.92 Å². The first-order valence-corrected chi connectivity index (χ1v) is 4.94. The van der Waals surface area contributed by atoms with Gasteiger partial charge in [-0.05, 0) is 6.92 Å². The second kappa shape index (κ2) is 6.86. The van der Waals surface area contributed by atoms with Crippen molar-refractivity contribution in [3.05, 3.63) is 12.2 Å². The van der Waals surface area contributed by atoms with Gasteiger partial charge in [0.25, 0.3) is 0 Å². The Balaban J connectivity index is 0.000000364. The molecule has 82 valence electrons. The maximum Gasteiger partial charge on any atom is 0.333 e. The van der Waals surface area contributed by atoms with Gasteiger partial charge < -0.3 is 24.2 Å². The third-order valence-electron chi connectivity index (χ3n) is 1.15. The lowest BCUT2D eigenvalue weighted by Gasteiger charge is -1.99. The van der Waals surface area contributed by atoms with E-state index in [1.807, 2.05) is 0 Å². The summed E-state index contributed by atoms with van der Waals surface area (Å²) in [5.41, 5.74) is 0.431. The van der Waals surface area contributed by atoms with Gasteiger partial charge >= 0.3 is 14.6 Å². The zero-order chi connectivity index (χ0) is 11.1. The minimum absolute atomic E-state index is 0.142. The van der Waals surface area contributed by atoms with E-state index in [9.17, 15) is 4.79 Å². The molecule has 1 fully saturated rings. The first kappa shape index (κ1) is 13.5. The van der Waals surface area contributed by atoms with Crippen LogP contribution in [0.25, 0.3) is 0 Å². The Bertz CT molecular complexity index is 198. The van der Waals surface area contributed by atoms with Crippen LogP contribution in [0.3, 0.4) is 0 Å². The van der Waals surface area contributed by atoms with Gasteiger partial charge in [0, 0.05) is 5.57 Å². The maximum absolute atomic E-state index is 10.7. The van der Waals surface area contributed by atoms with Gasteiger partial charge in [0.15, 0.2) is 0 Å². The van der Waals surface area contributed by atoms with Gasteiger partial charge in [-0.3, -0.25) is 0 Å². The molecular weight excluding hydrogens is 211 g/mol.